The van der Waals surface area contributed by atoms with Gasteiger partial charge in [-0.3, -0.25) is 0 Å². The molecule has 0 amide bonds. The zero-order valence-electron chi connectivity index (χ0n) is 5.97. The van der Waals surface area contributed by atoms with Gasteiger partial charge in [0.05, 0.1) is 14.0 Å². The van der Waals surface area contributed by atoms with Crippen molar-refractivity contribution in [2.75, 3.05) is 5.73 Å². The summed E-state index contributed by atoms with van der Waals surface area (Å²) in [5.74, 6) is -0.237. The first-order valence-electron chi connectivity index (χ1n) is 3.31. The van der Waals surface area contributed by atoms with Crippen LogP contribution >= 0.6 is 33.9 Å². The van der Waals surface area contributed by atoms with Gasteiger partial charge in [0.15, 0.2) is 0 Å². The zero-order valence-corrected chi connectivity index (χ0v) is 8.95. The second-order valence-corrected chi connectivity index (χ2v) is 4.42. The van der Waals surface area contributed by atoms with Gasteiger partial charge in [0.25, 0.3) is 0 Å². The van der Waals surface area contributed by atoms with Crippen molar-refractivity contribution in [2.24, 2.45) is 0 Å². The maximum Gasteiger partial charge on any atom is 0.139 e. The summed E-state index contributed by atoms with van der Waals surface area (Å²) in [6, 6.07) is 3.39. The summed E-state index contributed by atoms with van der Waals surface area (Å²) in [6.45, 7) is 0. The van der Waals surface area contributed by atoms with Gasteiger partial charge in [-0.2, -0.15) is 0 Å². The lowest BCUT2D eigenvalue weighted by molar-refractivity contribution is 0.623. The van der Waals surface area contributed by atoms with Gasteiger partial charge in [0.1, 0.15) is 5.82 Å². The molecular weight excluding hydrogens is 288 g/mol. The predicted molar refractivity (Wildman–Crippen MR) is 58.9 cm³/mol. The molecule has 0 aliphatic heterocycles. The summed E-state index contributed by atoms with van der Waals surface area (Å²) in [7, 11) is 0. The Morgan fingerprint density at radius 1 is 1.50 bits per heavy atom. The largest absolute Gasteiger partial charge is 0.397 e. The second kappa shape index (κ2) is 2.85. The summed E-state index contributed by atoms with van der Waals surface area (Å²) in [4.78, 5) is 0. The van der Waals surface area contributed by atoms with E-state index in [4.69, 9.17) is 5.73 Å². The van der Waals surface area contributed by atoms with Crippen LogP contribution in [0.15, 0.2) is 17.5 Å². The molecule has 4 heteroatoms. The molecule has 1 aromatic heterocycles. The average Bonchev–Trinajstić information content (AvgIpc) is 2.48. The van der Waals surface area contributed by atoms with Crippen LogP contribution in [0.2, 0.25) is 0 Å². The van der Waals surface area contributed by atoms with Crippen molar-refractivity contribution < 1.29 is 4.39 Å². The highest BCUT2D eigenvalue weighted by Crippen LogP contribution is 2.32. The first-order chi connectivity index (χ1) is 5.70. The number of nitrogens with two attached hydrogens (primary N) is 1. The van der Waals surface area contributed by atoms with Crippen LogP contribution in [-0.4, -0.2) is 0 Å². The molecule has 0 bridgehead atoms. The third-order valence-corrected chi connectivity index (χ3v) is 3.73. The number of hydrogen-bond donors (Lipinski definition) is 1. The molecule has 62 valence electrons. The summed E-state index contributed by atoms with van der Waals surface area (Å²) in [5, 5.41) is 2.80. The predicted octanol–water partition coefficient (Wildman–Crippen LogP) is 3.23. The molecule has 2 N–H and O–H groups in total. The standard InChI is InChI=1S/C8H5FINS/c9-5-3-4-1-2-12-8(4)7(11)6(5)10/h1-3H,11H2. The highest BCUT2D eigenvalue weighted by Gasteiger charge is 2.08. The number of thiophene rings is 1. The summed E-state index contributed by atoms with van der Waals surface area (Å²) < 4.78 is 14.6. The first-order valence-corrected chi connectivity index (χ1v) is 5.26. The SMILES string of the molecule is Nc1c(I)c(F)cc2ccsc12. The van der Waals surface area contributed by atoms with Gasteiger partial charge in [0.2, 0.25) is 0 Å². The number of fused-ring (bicyclic) bond motifs is 1. The maximum absolute atomic E-state index is 13.1. The second-order valence-electron chi connectivity index (χ2n) is 2.42. The fraction of sp³-hybridized carbons (Fsp3) is 0. The van der Waals surface area contributed by atoms with Gasteiger partial charge in [-0.15, -0.1) is 11.3 Å². The molecule has 0 spiro atoms. The lowest BCUT2D eigenvalue weighted by atomic mass is 10.2. The lowest BCUT2D eigenvalue weighted by Gasteiger charge is -2.00. The van der Waals surface area contributed by atoms with Crippen molar-refractivity contribution in [3.05, 3.63) is 26.9 Å². The van der Waals surface area contributed by atoms with Crippen molar-refractivity contribution >= 4 is 49.7 Å². The summed E-state index contributed by atoms with van der Waals surface area (Å²) >= 11 is 3.46. The van der Waals surface area contributed by atoms with Crippen LogP contribution in [0.3, 0.4) is 0 Å². The fourth-order valence-corrected chi connectivity index (χ4v) is 2.53. The number of anilines is 1. The van der Waals surface area contributed by atoms with E-state index in [1.807, 2.05) is 34.0 Å². The molecule has 1 nitrogen and oxygen atoms in total. The van der Waals surface area contributed by atoms with Crippen molar-refractivity contribution in [2.45, 2.75) is 0 Å². The Balaban J connectivity index is 2.94. The average molecular weight is 293 g/mol. The minimum Gasteiger partial charge on any atom is -0.397 e. The molecule has 0 saturated carbocycles. The van der Waals surface area contributed by atoms with Crippen molar-refractivity contribution in [3.8, 4) is 0 Å². The Morgan fingerprint density at radius 2 is 2.25 bits per heavy atom. The summed E-state index contributed by atoms with van der Waals surface area (Å²) in [5.41, 5.74) is 6.28. The molecular formula is C8H5FINS. The Bertz CT molecular complexity index is 438. The number of hydrogen-bond acceptors (Lipinski definition) is 2. The van der Waals surface area contributed by atoms with Gasteiger partial charge < -0.3 is 5.73 Å². The lowest BCUT2D eigenvalue weighted by Crippen LogP contribution is -1.92. The molecule has 1 heterocycles. The van der Waals surface area contributed by atoms with E-state index in [2.05, 4.69) is 0 Å². The van der Waals surface area contributed by atoms with Crippen molar-refractivity contribution in [1.29, 1.82) is 0 Å². The Labute approximate surface area is 86.5 Å². The number of nitrogen functional groups attached to an aromatic ring is 1. The molecule has 0 atom stereocenters. The van der Waals surface area contributed by atoms with Crippen LogP contribution in [0.1, 0.15) is 0 Å². The summed E-state index contributed by atoms with van der Waals surface area (Å²) in [6.07, 6.45) is 0. The highest BCUT2D eigenvalue weighted by atomic mass is 127. The van der Waals surface area contributed by atoms with E-state index in [1.54, 1.807) is 11.3 Å². The maximum atomic E-state index is 13.1. The Hall–Kier alpha value is -0.360. The topological polar surface area (TPSA) is 26.0 Å². The third kappa shape index (κ3) is 1.09. The molecule has 1 aromatic carbocycles. The Kier molecular flexibility index (Phi) is 1.96. The number of benzene rings is 1. The molecule has 0 aliphatic carbocycles. The molecule has 0 unspecified atom stereocenters. The van der Waals surface area contributed by atoms with Crippen molar-refractivity contribution in [3.63, 3.8) is 0 Å². The van der Waals surface area contributed by atoms with E-state index >= 15 is 0 Å². The molecule has 12 heavy (non-hydrogen) atoms. The Morgan fingerprint density at radius 3 is 3.00 bits per heavy atom. The van der Waals surface area contributed by atoms with Crippen LogP contribution in [0.4, 0.5) is 10.1 Å². The molecule has 2 aromatic rings. The minimum absolute atomic E-state index is 0.237. The van der Waals surface area contributed by atoms with E-state index in [-0.39, 0.29) is 5.82 Å². The minimum atomic E-state index is -0.237. The van der Waals surface area contributed by atoms with Gasteiger partial charge >= 0.3 is 0 Å². The van der Waals surface area contributed by atoms with Gasteiger partial charge in [0, 0.05) is 0 Å². The van der Waals surface area contributed by atoms with E-state index in [9.17, 15) is 4.39 Å². The van der Waals surface area contributed by atoms with E-state index in [1.165, 1.54) is 6.07 Å². The molecule has 0 saturated heterocycles. The quantitative estimate of drug-likeness (QED) is 0.586. The smallest absolute Gasteiger partial charge is 0.139 e. The van der Waals surface area contributed by atoms with Crippen LogP contribution in [-0.2, 0) is 0 Å². The monoisotopic (exact) mass is 293 g/mol. The van der Waals surface area contributed by atoms with Crippen LogP contribution in [0, 0.1) is 9.39 Å². The fourth-order valence-electron chi connectivity index (χ4n) is 1.08. The van der Waals surface area contributed by atoms with E-state index in [0.29, 0.717) is 9.26 Å². The van der Waals surface area contributed by atoms with E-state index < -0.39 is 0 Å². The molecule has 2 rings (SSSR count). The van der Waals surface area contributed by atoms with Crippen LogP contribution < -0.4 is 5.73 Å². The first kappa shape index (κ1) is 8.25. The third-order valence-electron chi connectivity index (χ3n) is 1.67. The van der Waals surface area contributed by atoms with E-state index in [0.717, 1.165) is 10.1 Å². The molecule has 0 aliphatic rings. The zero-order chi connectivity index (χ0) is 8.72. The van der Waals surface area contributed by atoms with Gasteiger partial charge in [-0.1, -0.05) is 0 Å². The number of rotatable bonds is 0. The van der Waals surface area contributed by atoms with Crippen LogP contribution in [0.25, 0.3) is 10.1 Å². The van der Waals surface area contributed by atoms with Crippen molar-refractivity contribution in [1.82, 2.24) is 0 Å². The number of halogens is 2. The molecule has 0 radical (unpaired) electrons. The van der Waals surface area contributed by atoms with Crippen LogP contribution in [0.5, 0.6) is 0 Å². The highest BCUT2D eigenvalue weighted by molar-refractivity contribution is 14.1. The normalized spacial score (nSPS) is 10.8. The molecule has 0 fully saturated rings. The van der Waals surface area contributed by atoms with Gasteiger partial charge in [-0.25, -0.2) is 4.39 Å². The van der Waals surface area contributed by atoms with Gasteiger partial charge in [-0.05, 0) is 45.5 Å².